The van der Waals surface area contributed by atoms with E-state index in [2.05, 4.69) is 6.58 Å². The van der Waals surface area contributed by atoms with E-state index in [0.29, 0.717) is 30.0 Å². The second kappa shape index (κ2) is 6.11. The molecule has 0 N–H and O–H groups in total. The topological polar surface area (TPSA) is 50.5 Å². The highest BCUT2D eigenvalue weighted by Crippen LogP contribution is 2.31. The van der Waals surface area contributed by atoms with Gasteiger partial charge in [-0.2, -0.15) is 0 Å². The lowest BCUT2D eigenvalue weighted by atomic mass is 9.92. The molecule has 2 heterocycles. The number of amides is 1. The molecule has 1 aliphatic heterocycles. The van der Waals surface area contributed by atoms with E-state index >= 15 is 0 Å². The van der Waals surface area contributed by atoms with Gasteiger partial charge in [0.15, 0.2) is 0 Å². The maximum Gasteiger partial charge on any atom is 0.336 e. The van der Waals surface area contributed by atoms with E-state index in [1.54, 1.807) is 4.90 Å². The van der Waals surface area contributed by atoms with Crippen molar-refractivity contribution in [2.75, 3.05) is 6.54 Å². The first-order chi connectivity index (χ1) is 10.6. The second-order valence-electron chi connectivity index (χ2n) is 6.37. The summed E-state index contributed by atoms with van der Waals surface area (Å²) in [6.07, 6.45) is 7.45. The largest absolute Gasteiger partial charge is 0.427 e. The predicted molar refractivity (Wildman–Crippen MR) is 84.8 cm³/mol. The van der Waals surface area contributed by atoms with Crippen molar-refractivity contribution in [2.45, 2.75) is 51.9 Å². The highest BCUT2D eigenvalue weighted by Gasteiger charge is 2.31. The van der Waals surface area contributed by atoms with Gasteiger partial charge in [0.25, 0.3) is 5.91 Å². The van der Waals surface area contributed by atoms with Gasteiger partial charge in [0.2, 0.25) is 0 Å². The zero-order chi connectivity index (χ0) is 15.7. The lowest BCUT2D eigenvalue weighted by molar-refractivity contribution is 0.0788. The Bertz CT molecular complexity index is 653. The molecule has 1 aromatic heterocycles. The number of nitrogens with zero attached hydrogens (tertiary/aromatic N) is 1. The van der Waals surface area contributed by atoms with E-state index in [-0.39, 0.29) is 11.5 Å². The van der Waals surface area contributed by atoms with Crippen LogP contribution in [0, 0.1) is 5.92 Å². The molecule has 4 heteroatoms. The molecule has 1 amide bonds. The number of allylic oxidation sites excluding steroid dienone is 1. The van der Waals surface area contributed by atoms with Crippen LogP contribution >= 0.6 is 0 Å². The highest BCUT2D eigenvalue weighted by molar-refractivity contribution is 5.99. The Morgan fingerprint density at radius 3 is 2.73 bits per heavy atom. The summed E-state index contributed by atoms with van der Waals surface area (Å²) >= 11 is 0. The maximum absolute atomic E-state index is 12.7. The van der Waals surface area contributed by atoms with Crippen molar-refractivity contribution in [1.82, 2.24) is 4.90 Å². The van der Waals surface area contributed by atoms with Gasteiger partial charge in [0.1, 0.15) is 5.76 Å². The van der Waals surface area contributed by atoms with Gasteiger partial charge in [0.05, 0.1) is 5.56 Å². The molecule has 4 nitrogen and oxygen atoms in total. The maximum atomic E-state index is 12.7. The molecule has 0 radical (unpaired) electrons. The van der Waals surface area contributed by atoms with Gasteiger partial charge in [0, 0.05) is 24.7 Å². The van der Waals surface area contributed by atoms with Crippen LogP contribution in [0.5, 0.6) is 0 Å². The van der Waals surface area contributed by atoms with E-state index < -0.39 is 0 Å². The Kier molecular flexibility index (Phi) is 4.19. The molecule has 118 valence electrons. The molecule has 22 heavy (non-hydrogen) atoms. The van der Waals surface area contributed by atoms with Crippen LogP contribution in [0.15, 0.2) is 27.6 Å². The van der Waals surface area contributed by atoms with Crippen molar-refractivity contribution in [2.24, 2.45) is 5.92 Å². The number of rotatable bonds is 4. The number of fused-ring (bicyclic) bond motifs is 1. The summed E-state index contributed by atoms with van der Waals surface area (Å²) < 4.78 is 5.28. The summed E-state index contributed by atoms with van der Waals surface area (Å²) in [4.78, 5) is 26.2. The van der Waals surface area contributed by atoms with E-state index in [0.717, 1.165) is 24.3 Å². The quantitative estimate of drug-likeness (QED) is 0.857. The Hall–Kier alpha value is -1.84. The predicted octanol–water partition coefficient (Wildman–Crippen LogP) is 3.29. The number of aryl methyl sites for hydroxylation is 1. The summed E-state index contributed by atoms with van der Waals surface area (Å²) in [5.74, 6) is 1.16. The molecule has 3 rings (SSSR count). The zero-order valence-electron chi connectivity index (χ0n) is 13.2. The average molecular weight is 301 g/mol. The van der Waals surface area contributed by atoms with Gasteiger partial charge in [-0.05, 0) is 31.2 Å². The number of likely N-dealkylation sites (N-methyl/N-ethyl adjacent to an activating group) is 1. The fraction of sp³-hybridized carbons (Fsp3) is 0.556. The van der Waals surface area contributed by atoms with Crippen molar-refractivity contribution in [1.29, 1.82) is 0 Å². The van der Waals surface area contributed by atoms with Crippen LogP contribution in [0.4, 0.5) is 0 Å². The van der Waals surface area contributed by atoms with E-state index in [9.17, 15) is 9.59 Å². The highest BCUT2D eigenvalue weighted by atomic mass is 16.4. The summed E-state index contributed by atoms with van der Waals surface area (Å²) in [5.41, 5.74) is 1.81. The van der Waals surface area contributed by atoms with E-state index in [1.165, 1.54) is 31.7 Å². The van der Waals surface area contributed by atoms with Gasteiger partial charge in [-0.15, -0.1) is 0 Å². The van der Waals surface area contributed by atoms with Crippen molar-refractivity contribution < 1.29 is 9.21 Å². The third kappa shape index (κ3) is 2.74. The first-order valence-corrected chi connectivity index (χ1v) is 8.25. The molecule has 0 saturated heterocycles. The number of hydrogen-bond acceptors (Lipinski definition) is 3. The van der Waals surface area contributed by atoms with Gasteiger partial charge >= 0.3 is 5.63 Å². The van der Waals surface area contributed by atoms with Crippen LogP contribution in [-0.4, -0.2) is 17.4 Å². The van der Waals surface area contributed by atoms with Crippen LogP contribution in [0.3, 0.4) is 0 Å². The Morgan fingerprint density at radius 1 is 1.32 bits per heavy atom. The third-order valence-corrected chi connectivity index (χ3v) is 4.93. The molecule has 0 atom stereocenters. The smallest absolute Gasteiger partial charge is 0.336 e. The van der Waals surface area contributed by atoms with E-state index in [1.807, 2.05) is 6.92 Å². The van der Waals surface area contributed by atoms with Gasteiger partial charge in [-0.3, -0.25) is 4.79 Å². The Labute approximate surface area is 130 Å². The molecule has 0 aromatic carbocycles. The second-order valence-corrected chi connectivity index (χ2v) is 6.37. The summed E-state index contributed by atoms with van der Waals surface area (Å²) in [6.45, 7) is 6.46. The molecule has 1 aliphatic carbocycles. The van der Waals surface area contributed by atoms with Crippen molar-refractivity contribution >= 4 is 5.91 Å². The summed E-state index contributed by atoms with van der Waals surface area (Å²) in [7, 11) is 0. The molecule has 0 spiro atoms. The summed E-state index contributed by atoms with van der Waals surface area (Å²) in [5, 5.41) is 0. The molecule has 1 saturated carbocycles. The van der Waals surface area contributed by atoms with Crippen LogP contribution in [0.1, 0.15) is 60.7 Å². The van der Waals surface area contributed by atoms with Gasteiger partial charge in [-0.1, -0.05) is 32.3 Å². The van der Waals surface area contributed by atoms with Crippen LogP contribution in [0.25, 0.3) is 0 Å². The first-order valence-electron chi connectivity index (χ1n) is 8.25. The molecule has 0 unspecified atom stereocenters. The molecule has 1 fully saturated rings. The monoisotopic (exact) mass is 301 g/mol. The fourth-order valence-corrected chi connectivity index (χ4v) is 3.76. The lowest BCUT2D eigenvalue weighted by Crippen LogP contribution is -2.36. The normalized spacial score (nSPS) is 18.9. The molecule has 1 aromatic rings. The van der Waals surface area contributed by atoms with Gasteiger partial charge < -0.3 is 9.32 Å². The third-order valence-electron chi connectivity index (χ3n) is 4.93. The fourth-order valence-electron chi connectivity index (χ4n) is 3.76. The minimum Gasteiger partial charge on any atom is -0.427 e. The standard InChI is InChI=1S/C18H23NO3/c1-3-19-12(2)10-15-17(18(19)21)14(11-16(20)22-15)9-8-13-6-4-5-7-13/h11,13H,2-10H2,1H3. The van der Waals surface area contributed by atoms with E-state index in [4.69, 9.17) is 4.42 Å². The van der Waals surface area contributed by atoms with Crippen molar-refractivity contribution in [3.63, 3.8) is 0 Å². The summed E-state index contributed by atoms with van der Waals surface area (Å²) in [6, 6.07) is 1.51. The van der Waals surface area contributed by atoms with Crippen molar-refractivity contribution in [3.05, 3.63) is 45.6 Å². The van der Waals surface area contributed by atoms with Gasteiger partial charge in [-0.25, -0.2) is 4.79 Å². The van der Waals surface area contributed by atoms with Crippen LogP contribution < -0.4 is 5.63 Å². The molecule has 2 aliphatic rings. The minimum atomic E-state index is -0.356. The average Bonchev–Trinajstić information content (AvgIpc) is 2.97. The first kappa shape index (κ1) is 15.1. The Morgan fingerprint density at radius 2 is 2.05 bits per heavy atom. The SMILES string of the molecule is C=C1Cc2oc(=O)cc(CCC3CCCC3)c2C(=O)N1CC. The zero-order valence-corrected chi connectivity index (χ0v) is 13.2. The lowest BCUT2D eigenvalue weighted by Gasteiger charge is -2.29. The number of carbonyl (C=O) groups excluding carboxylic acids is 1. The van der Waals surface area contributed by atoms with Crippen LogP contribution in [0.2, 0.25) is 0 Å². The number of carbonyl (C=O) groups is 1. The molecular formula is C18H23NO3. The Balaban J connectivity index is 1.91. The van der Waals surface area contributed by atoms with Crippen molar-refractivity contribution in [3.8, 4) is 0 Å². The number of hydrogen-bond donors (Lipinski definition) is 0. The molecule has 0 bridgehead atoms. The van der Waals surface area contributed by atoms with Crippen LogP contribution in [-0.2, 0) is 12.8 Å². The minimum absolute atomic E-state index is 0.0704. The molecular weight excluding hydrogens is 278 g/mol.